The molecular formula is C14H19ClFNO2. The zero-order valence-corrected chi connectivity index (χ0v) is 12.1. The van der Waals surface area contributed by atoms with E-state index in [1.54, 1.807) is 0 Å². The van der Waals surface area contributed by atoms with E-state index in [2.05, 4.69) is 5.32 Å². The summed E-state index contributed by atoms with van der Waals surface area (Å²) in [7, 11) is 0. The number of halogens is 2. The van der Waals surface area contributed by atoms with Crippen molar-refractivity contribution in [2.24, 2.45) is 5.41 Å². The van der Waals surface area contributed by atoms with Crippen LogP contribution in [0.3, 0.4) is 0 Å². The molecular weight excluding hydrogens is 269 g/mol. The van der Waals surface area contributed by atoms with Crippen LogP contribution in [-0.2, 0) is 0 Å². The number of hydrogen-bond donors (Lipinski definition) is 2. The summed E-state index contributed by atoms with van der Waals surface area (Å²) in [6.45, 7) is 6.12. The lowest BCUT2D eigenvalue weighted by molar-refractivity contribution is 0.0551. The summed E-state index contributed by atoms with van der Waals surface area (Å²) >= 11 is 5.79. The molecule has 3 nitrogen and oxygen atoms in total. The maximum atomic E-state index is 12.9. The third-order valence-corrected chi connectivity index (χ3v) is 3.19. The summed E-state index contributed by atoms with van der Waals surface area (Å²) in [5.74, 6) is -0.851. The largest absolute Gasteiger partial charge is 0.393 e. The maximum absolute atomic E-state index is 12.9. The molecule has 1 rings (SSSR count). The smallest absolute Gasteiger partial charge is 0.252 e. The van der Waals surface area contributed by atoms with Crippen LogP contribution in [0.4, 0.5) is 4.39 Å². The highest BCUT2D eigenvalue weighted by molar-refractivity contribution is 6.33. The third-order valence-electron chi connectivity index (χ3n) is 2.88. The van der Waals surface area contributed by atoms with Crippen LogP contribution in [0.25, 0.3) is 0 Å². The molecule has 1 amide bonds. The predicted octanol–water partition coefficient (Wildman–Crippen LogP) is 3.01. The molecule has 19 heavy (non-hydrogen) atoms. The minimum absolute atomic E-state index is 0.0777. The minimum Gasteiger partial charge on any atom is -0.393 e. The van der Waals surface area contributed by atoms with Gasteiger partial charge >= 0.3 is 0 Å². The van der Waals surface area contributed by atoms with E-state index in [4.69, 9.17) is 11.6 Å². The van der Waals surface area contributed by atoms with Crippen LogP contribution in [-0.4, -0.2) is 23.7 Å². The molecule has 106 valence electrons. The van der Waals surface area contributed by atoms with Gasteiger partial charge in [-0.15, -0.1) is 0 Å². The Labute approximate surface area is 117 Å². The monoisotopic (exact) mass is 287 g/mol. The van der Waals surface area contributed by atoms with Gasteiger partial charge in [0.25, 0.3) is 5.91 Å². The third kappa shape index (κ3) is 4.80. The van der Waals surface area contributed by atoms with Gasteiger partial charge in [-0.25, -0.2) is 4.39 Å². The Bertz CT molecular complexity index is 457. The van der Waals surface area contributed by atoms with Gasteiger partial charge in [-0.1, -0.05) is 32.4 Å². The van der Waals surface area contributed by atoms with Gasteiger partial charge in [0.1, 0.15) is 5.82 Å². The highest BCUT2D eigenvalue weighted by Gasteiger charge is 2.21. The summed E-state index contributed by atoms with van der Waals surface area (Å²) < 4.78 is 12.9. The van der Waals surface area contributed by atoms with Gasteiger partial charge in [-0.3, -0.25) is 4.79 Å². The Morgan fingerprint density at radius 2 is 2.11 bits per heavy atom. The fourth-order valence-electron chi connectivity index (χ4n) is 1.52. The summed E-state index contributed by atoms with van der Waals surface area (Å²) in [4.78, 5) is 11.8. The lowest BCUT2D eigenvalue weighted by Gasteiger charge is -2.25. The minimum atomic E-state index is -0.503. The van der Waals surface area contributed by atoms with Gasteiger partial charge in [0.05, 0.1) is 16.7 Å². The molecule has 0 unspecified atom stereocenters. The Hall–Kier alpha value is -1.13. The van der Waals surface area contributed by atoms with E-state index in [0.717, 1.165) is 6.07 Å². The molecule has 5 heteroatoms. The average molecular weight is 288 g/mol. The van der Waals surface area contributed by atoms with Crippen molar-refractivity contribution in [3.8, 4) is 0 Å². The zero-order chi connectivity index (χ0) is 14.6. The van der Waals surface area contributed by atoms with Crippen molar-refractivity contribution >= 4 is 17.5 Å². The summed E-state index contributed by atoms with van der Waals surface area (Å²) in [5, 5.41) is 12.6. The first-order valence-corrected chi connectivity index (χ1v) is 6.51. The number of nitrogens with one attached hydrogen (secondary N) is 1. The Morgan fingerprint density at radius 1 is 1.47 bits per heavy atom. The molecule has 0 aromatic heterocycles. The number of carbonyl (C=O) groups is 1. The van der Waals surface area contributed by atoms with Crippen LogP contribution < -0.4 is 5.32 Å². The standard InChI is InChI=1S/C14H19ClFNO2/c1-14(2,3)12(18)6-7-17-13(19)10-5-4-9(16)8-11(10)15/h4-5,8,12,18H,6-7H2,1-3H3,(H,17,19)/t12-/m1/s1. The number of rotatable bonds is 4. The SMILES string of the molecule is CC(C)(C)[C@H](O)CCNC(=O)c1ccc(F)cc1Cl. The highest BCUT2D eigenvalue weighted by Crippen LogP contribution is 2.21. The molecule has 1 atom stereocenters. The molecule has 1 aromatic carbocycles. The lowest BCUT2D eigenvalue weighted by atomic mass is 9.87. The fourth-order valence-corrected chi connectivity index (χ4v) is 1.78. The molecule has 0 fully saturated rings. The van der Waals surface area contributed by atoms with Crippen LogP contribution in [0.1, 0.15) is 37.6 Å². The number of hydrogen-bond acceptors (Lipinski definition) is 2. The molecule has 0 saturated carbocycles. The molecule has 2 N–H and O–H groups in total. The molecule has 0 spiro atoms. The van der Waals surface area contributed by atoms with Crippen LogP contribution >= 0.6 is 11.6 Å². The summed E-state index contributed by atoms with van der Waals surface area (Å²) in [6.07, 6.45) is -0.0508. The summed E-state index contributed by atoms with van der Waals surface area (Å²) in [6, 6.07) is 3.62. The molecule has 0 aliphatic heterocycles. The van der Waals surface area contributed by atoms with Crippen LogP contribution in [0, 0.1) is 11.2 Å². The number of aliphatic hydroxyl groups excluding tert-OH is 1. The molecule has 1 aromatic rings. The van der Waals surface area contributed by atoms with E-state index < -0.39 is 11.9 Å². The molecule has 0 aliphatic carbocycles. The first-order valence-electron chi connectivity index (χ1n) is 6.13. The Morgan fingerprint density at radius 3 is 2.63 bits per heavy atom. The normalized spacial score (nSPS) is 13.2. The second kappa shape index (κ2) is 6.35. The van der Waals surface area contributed by atoms with Gasteiger partial charge in [0, 0.05) is 6.54 Å². The molecule has 0 bridgehead atoms. The highest BCUT2D eigenvalue weighted by atomic mass is 35.5. The molecule has 0 heterocycles. The quantitative estimate of drug-likeness (QED) is 0.894. The van der Waals surface area contributed by atoms with E-state index in [-0.39, 0.29) is 21.9 Å². The van der Waals surface area contributed by atoms with Crippen LogP contribution in [0.15, 0.2) is 18.2 Å². The predicted molar refractivity (Wildman–Crippen MR) is 73.8 cm³/mol. The van der Waals surface area contributed by atoms with Crippen LogP contribution in [0.2, 0.25) is 5.02 Å². The first-order chi connectivity index (χ1) is 8.71. The Kier molecular flexibility index (Phi) is 5.32. The van der Waals surface area contributed by atoms with Crippen molar-refractivity contribution in [3.63, 3.8) is 0 Å². The molecule has 0 aliphatic rings. The number of benzene rings is 1. The number of aliphatic hydroxyl groups is 1. The molecule has 0 radical (unpaired) electrons. The van der Waals surface area contributed by atoms with E-state index >= 15 is 0 Å². The number of carbonyl (C=O) groups excluding carboxylic acids is 1. The van der Waals surface area contributed by atoms with Crippen molar-refractivity contribution in [3.05, 3.63) is 34.6 Å². The first kappa shape index (κ1) is 15.9. The second-order valence-corrected chi connectivity index (χ2v) is 5.96. The van der Waals surface area contributed by atoms with Crippen LogP contribution in [0.5, 0.6) is 0 Å². The van der Waals surface area contributed by atoms with E-state index in [1.807, 2.05) is 20.8 Å². The van der Waals surface area contributed by atoms with Gasteiger partial charge < -0.3 is 10.4 Å². The van der Waals surface area contributed by atoms with Gasteiger partial charge in [-0.05, 0) is 30.0 Å². The van der Waals surface area contributed by atoms with Gasteiger partial charge in [-0.2, -0.15) is 0 Å². The van der Waals surface area contributed by atoms with E-state index in [1.165, 1.54) is 12.1 Å². The van der Waals surface area contributed by atoms with Crippen molar-refractivity contribution in [1.29, 1.82) is 0 Å². The zero-order valence-electron chi connectivity index (χ0n) is 11.3. The summed E-state index contributed by atoms with van der Waals surface area (Å²) in [5.41, 5.74) is 0.00596. The van der Waals surface area contributed by atoms with Gasteiger partial charge in [0.2, 0.25) is 0 Å². The average Bonchev–Trinajstić information content (AvgIpc) is 2.27. The van der Waals surface area contributed by atoms with Crippen molar-refractivity contribution in [2.75, 3.05) is 6.54 Å². The van der Waals surface area contributed by atoms with Gasteiger partial charge in [0.15, 0.2) is 0 Å². The fraction of sp³-hybridized carbons (Fsp3) is 0.500. The topological polar surface area (TPSA) is 49.3 Å². The maximum Gasteiger partial charge on any atom is 0.252 e. The van der Waals surface area contributed by atoms with E-state index in [0.29, 0.717) is 13.0 Å². The van der Waals surface area contributed by atoms with E-state index in [9.17, 15) is 14.3 Å². The Balaban J connectivity index is 2.52. The number of amides is 1. The molecule has 0 saturated heterocycles. The van der Waals surface area contributed by atoms with Crippen molar-refractivity contribution in [1.82, 2.24) is 5.32 Å². The lowest BCUT2D eigenvalue weighted by Crippen LogP contribution is -2.32. The second-order valence-electron chi connectivity index (χ2n) is 5.55. The van der Waals surface area contributed by atoms with Crippen molar-refractivity contribution < 1.29 is 14.3 Å². The van der Waals surface area contributed by atoms with Crippen molar-refractivity contribution in [2.45, 2.75) is 33.3 Å².